The number of likely N-dealkylation sites (N-methyl/N-ethyl adjacent to an activating group) is 1. The molecule has 2 fully saturated rings. The topological polar surface area (TPSA) is 140 Å². The van der Waals surface area contributed by atoms with E-state index in [2.05, 4.69) is 37.7 Å². The molecule has 0 saturated carbocycles. The number of hydrogen-bond donors (Lipinski definition) is 3. The van der Waals surface area contributed by atoms with Crippen molar-refractivity contribution in [3.63, 3.8) is 0 Å². The van der Waals surface area contributed by atoms with Crippen LogP contribution >= 0.6 is 0 Å². The third kappa shape index (κ3) is 5.92. The van der Waals surface area contributed by atoms with Gasteiger partial charge in [0.15, 0.2) is 5.82 Å². The number of fused-ring (bicyclic) bond motifs is 1. The van der Waals surface area contributed by atoms with Crippen molar-refractivity contribution in [2.75, 3.05) is 55.4 Å². The van der Waals surface area contributed by atoms with Crippen LogP contribution in [0.15, 0.2) is 41.3 Å². The summed E-state index contributed by atoms with van der Waals surface area (Å²) in [6, 6.07) is 7.37. The van der Waals surface area contributed by atoms with Crippen LogP contribution in [0.5, 0.6) is 0 Å². The van der Waals surface area contributed by atoms with Crippen LogP contribution in [0.1, 0.15) is 48.3 Å². The molecule has 1 atom stereocenters. The predicted octanol–water partition coefficient (Wildman–Crippen LogP) is 3.25. The molecule has 0 radical (unpaired) electrons. The number of nitrogens with zero attached hydrogens (tertiary/aromatic N) is 4. The van der Waals surface area contributed by atoms with E-state index in [9.17, 15) is 26.8 Å². The number of amides is 2. The van der Waals surface area contributed by atoms with Gasteiger partial charge >= 0.3 is 0 Å². The van der Waals surface area contributed by atoms with Gasteiger partial charge in [-0.2, -0.15) is 9.40 Å². The molecule has 4 heterocycles. The first kappa shape index (κ1) is 31.1. The lowest BCUT2D eigenvalue weighted by molar-refractivity contribution is -0.124. The molecule has 2 amide bonds. The quantitative estimate of drug-likeness (QED) is 0.357. The normalized spacial score (nSPS) is 20.3. The van der Waals surface area contributed by atoms with Gasteiger partial charge in [-0.25, -0.2) is 17.2 Å². The molecule has 12 nitrogen and oxygen atoms in total. The summed E-state index contributed by atoms with van der Waals surface area (Å²) in [5.74, 6) is -2.83. The van der Waals surface area contributed by atoms with Gasteiger partial charge in [0, 0.05) is 56.6 Å². The Morgan fingerprint density at radius 1 is 1.04 bits per heavy atom. The molecule has 0 unspecified atom stereocenters. The number of halogens is 2. The third-order valence-electron chi connectivity index (χ3n) is 8.66. The molecule has 1 aromatic heterocycles. The van der Waals surface area contributed by atoms with Crippen molar-refractivity contribution in [1.82, 2.24) is 19.4 Å². The second-order valence-corrected chi connectivity index (χ2v) is 13.9. The van der Waals surface area contributed by atoms with Crippen LogP contribution in [-0.2, 0) is 31.6 Å². The maximum atomic E-state index is 13.9. The number of aromatic amines is 1. The Kier molecular flexibility index (Phi) is 8.14. The minimum Gasteiger partial charge on any atom is -0.369 e. The molecule has 15 heteroatoms. The van der Waals surface area contributed by atoms with E-state index in [0.29, 0.717) is 36.0 Å². The van der Waals surface area contributed by atoms with E-state index in [0.717, 1.165) is 54.7 Å². The van der Waals surface area contributed by atoms with Gasteiger partial charge in [-0.15, -0.1) is 0 Å². The zero-order valence-corrected chi connectivity index (χ0v) is 26.0. The molecule has 3 aliphatic rings. The molecular weight excluding hydrogens is 608 g/mol. The first-order valence-electron chi connectivity index (χ1n) is 14.7. The number of carbonyl (C=O) groups is 2. The van der Waals surface area contributed by atoms with E-state index in [1.165, 1.54) is 0 Å². The Labute approximate surface area is 259 Å². The van der Waals surface area contributed by atoms with Crippen LogP contribution in [0.3, 0.4) is 0 Å². The Bertz CT molecular complexity index is 1730. The number of aromatic nitrogens is 2. The van der Waals surface area contributed by atoms with Crippen LogP contribution < -0.4 is 15.5 Å². The summed E-state index contributed by atoms with van der Waals surface area (Å²) in [6.07, 6.45) is 0.751. The van der Waals surface area contributed by atoms with E-state index in [1.54, 1.807) is 26.0 Å². The molecular formula is C30H35F2N7O5S. The van der Waals surface area contributed by atoms with Crippen molar-refractivity contribution in [2.45, 2.75) is 49.8 Å². The van der Waals surface area contributed by atoms with Gasteiger partial charge in [0.25, 0.3) is 11.8 Å². The fourth-order valence-electron chi connectivity index (χ4n) is 6.05. The summed E-state index contributed by atoms with van der Waals surface area (Å²) in [7, 11) is -2.29. The van der Waals surface area contributed by atoms with Crippen molar-refractivity contribution in [1.29, 1.82) is 0 Å². The molecule has 240 valence electrons. The molecule has 0 aliphatic carbocycles. The summed E-state index contributed by atoms with van der Waals surface area (Å²) in [6.45, 7) is 6.88. The van der Waals surface area contributed by atoms with Crippen LogP contribution in [-0.4, -0.2) is 85.6 Å². The molecule has 3 aromatic rings. The molecule has 3 N–H and O–H groups in total. The Morgan fingerprint density at radius 3 is 2.42 bits per heavy atom. The van der Waals surface area contributed by atoms with E-state index >= 15 is 0 Å². The van der Waals surface area contributed by atoms with Gasteiger partial charge < -0.3 is 25.2 Å². The number of hydrogen-bond acceptors (Lipinski definition) is 8. The highest BCUT2D eigenvalue weighted by Crippen LogP contribution is 2.44. The molecule has 45 heavy (non-hydrogen) atoms. The number of benzene rings is 2. The predicted molar refractivity (Wildman–Crippen MR) is 162 cm³/mol. The molecule has 2 saturated heterocycles. The zero-order chi connectivity index (χ0) is 32.1. The maximum absolute atomic E-state index is 13.9. The summed E-state index contributed by atoms with van der Waals surface area (Å²) < 4.78 is 61.6. The third-order valence-corrected chi connectivity index (χ3v) is 10.7. The lowest BCUT2D eigenvalue weighted by Gasteiger charge is -2.34. The molecule has 2 aromatic carbocycles. The summed E-state index contributed by atoms with van der Waals surface area (Å²) in [4.78, 5) is 30.6. The van der Waals surface area contributed by atoms with Crippen molar-refractivity contribution < 1.29 is 31.5 Å². The van der Waals surface area contributed by atoms with E-state index in [-0.39, 0.29) is 23.8 Å². The van der Waals surface area contributed by atoms with Crippen LogP contribution in [0, 0.1) is 11.6 Å². The fraction of sp³-hybridized carbons (Fsp3) is 0.433. The molecule has 0 bridgehead atoms. The van der Waals surface area contributed by atoms with Crippen molar-refractivity contribution >= 4 is 39.0 Å². The number of ether oxygens (including phenoxy) is 1. The van der Waals surface area contributed by atoms with E-state index in [4.69, 9.17) is 4.74 Å². The number of H-pyrrole nitrogens is 1. The number of rotatable bonds is 7. The van der Waals surface area contributed by atoms with Crippen LogP contribution in [0.4, 0.5) is 26.0 Å². The second kappa shape index (κ2) is 11.8. The van der Waals surface area contributed by atoms with E-state index < -0.39 is 44.1 Å². The van der Waals surface area contributed by atoms with Crippen LogP contribution in [0.25, 0.3) is 0 Å². The molecule has 6 rings (SSSR count). The summed E-state index contributed by atoms with van der Waals surface area (Å²) in [5.41, 5.74) is 1.02. The summed E-state index contributed by atoms with van der Waals surface area (Å²) in [5, 5.41) is 12.7. The van der Waals surface area contributed by atoms with Gasteiger partial charge in [-0.1, -0.05) is 0 Å². The van der Waals surface area contributed by atoms with Gasteiger partial charge in [0.1, 0.15) is 17.7 Å². The van der Waals surface area contributed by atoms with Gasteiger partial charge in [-0.3, -0.25) is 14.7 Å². The first-order valence-corrected chi connectivity index (χ1v) is 16.2. The average molecular weight is 644 g/mol. The lowest BCUT2D eigenvalue weighted by Crippen LogP contribution is -2.44. The molecule has 0 spiro atoms. The minimum atomic E-state index is -4.35. The highest BCUT2D eigenvalue weighted by atomic mass is 32.2. The van der Waals surface area contributed by atoms with Gasteiger partial charge in [0.05, 0.1) is 27.4 Å². The van der Waals surface area contributed by atoms with E-state index in [1.807, 2.05) is 6.07 Å². The fourth-order valence-corrected chi connectivity index (χ4v) is 7.82. The van der Waals surface area contributed by atoms with Crippen molar-refractivity contribution in [3.8, 4) is 0 Å². The number of piperazine rings is 1. The largest absolute Gasteiger partial charge is 0.369 e. The Hall–Kier alpha value is -3.92. The SMILES string of the molecule is CN1CCN(c2ccc(C(=O)Nc3n[nH]c4c3CN(S(=O)(=O)c3cc(F)cc(F)c3)C4(C)C)c(NC(=O)[C@H]3CCCO3)c2)CC1. The number of carbonyl (C=O) groups excluding carboxylic acids is 2. The van der Waals surface area contributed by atoms with Gasteiger partial charge in [-0.05, 0) is 64.1 Å². The minimum absolute atomic E-state index is 0.103. The second-order valence-electron chi connectivity index (χ2n) is 12.1. The number of anilines is 3. The number of nitrogens with one attached hydrogen (secondary N) is 3. The first-order chi connectivity index (χ1) is 21.3. The maximum Gasteiger partial charge on any atom is 0.258 e. The smallest absolute Gasteiger partial charge is 0.258 e. The van der Waals surface area contributed by atoms with Crippen molar-refractivity contribution in [2.24, 2.45) is 0 Å². The lowest BCUT2D eigenvalue weighted by atomic mass is 10.0. The summed E-state index contributed by atoms with van der Waals surface area (Å²) >= 11 is 0. The monoisotopic (exact) mass is 643 g/mol. The highest BCUT2D eigenvalue weighted by molar-refractivity contribution is 7.89. The molecule has 3 aliphatic heterocycles. The Morgan fingerprint density at radius 2 is 1.76 bits per heavy atom. The Balaban J connectivity index is 1.27. The number of sulfonamides is 1. The zero-order valence-electron chi connectivity index (χ0n) is 25.2. The van der Waals surface area contributed by atoms with Crippen molar-refractivity contribution in [3.05, 3.63) is 64.9 Å². The van der Waals surface area contributed by atoms with Gasteiger partial charge in [0.2, 0.25) is 10.0 Å². The standard InChI is InChI=1S/C30H35F2N7O5S/c1-30(2)26-23(17-39(30)45(42,43)21-14-18(31)13-19(32)15-21)27(36-35-26)34-28(40)22-7-6-20(38-10-8-37(3)9-11-38)16-24(22)33-29(41)25-5-4-12-44-25/h6-7,13-16,25H,4-5,8-12,17H2,1-3H3,(H,33,41)(H2,34,35,36,40)/t25-/m1/s1. The highest BCUT2D eigenvalue weighted by Gasteiger charge is 2.48. The average Bonchev–Trinajstić information content (AvgIpc) is 3.72. The van der Waals surface area contributed by atoms with Crippen LogP contribution in [0.2, 0.25) is 0 Å².